The van der Waals surface area contributed by atoms with Crippen molar-refractivity contribution in [1.29, 1.82) is 0 Å². The summed E-state index contributed by atoms with van der Waals surface area (Å²) in [5.41, 5.74) is 0. The number of carboxylic acids is 1. The number of carbonyl (C=O) groups excluding carboxylic acids is 1. The first kappa shape index (κ1) is 13.9. The Balaban J connectivity index is 1.59. The Kier molecular flexibility index (Phi) is 3.51. The Morgan fingerprint density at radius 2 is 1.75 bits per heavy atom. The van der Waals surface area contributed by atoms with Crippen molar-refractivity contribution in [3.63, 3.8) is 0 Å². The first-order chi connectivity index (χ1) is 9.49. The maximum absolute atomic E-state index is 12.2. The number of hydrogen-bond acceptors (Lipinski definition) is 2. The lowest BCUT2D eigenvalue weighted by molar-refractivity contribution is -0.146. The van der Waals surface area contributed by atoms with E-state index in [1.165, 1.54) is 25.7 Å². The van der Waals surface area contributed by atoms with Crippen molar-refractivity contribution < 1.29 is 14.7 Å². The van der Waals surface area contributed by atoms with Gasteiger partial charge in [-0.05, 0) is 49.4 Å². The van der Waals surface area contributed by atoms with E-state index in [9.17, 15) is 9.59 Å². The minimum atomic E-state index is -0.892. The molecular weight excluding hydrogens is 254 g/mol. The first-order valence-electron chi connectivity index (χ1n) is 8.02. The number of carbonyl (C=O) groups is 2. The molecule has 2 bridgehead atoms. The van der Waals surface area contributed by atoms with Crippen molar-refractivity contribution >= 4 is 11.9 Å². The molecular formula is C16H25NO3. The topological polar surface area (TPSA) is 66.4 Å². The molecule has 4 heteroatoms. The van der Waals surface area contributed by atoms with Crippen molar-refractivity contribution in [2.75, 3.05) is 0 Å². The molecule has 3 aliphatic carbocycles. The highest BCUT2D eigenvalue weighted by Crippen LogP contribution is 2.58. The number of rotatable bonds is 4. The summed E-state index contributed by atoms with van der Waals surface area (Å²) in [7, 11) is 0. The Morgan fingerprint density at radius 3 is 2.45 bits per heavy atom. The van der Waals surface area contributed by atoms with Crippen molar-refractivity contribution in [3.05, 3.63) is 0 Å². The first-order valence-corrected chi connectivity index (χ1v) is 8.02. The zero-order valence-electron chi connectivity index (χ0n) is 12.3. The van der Waals surface area contributed by atoms with Crippen molar-refractivity contribution in [3.8, 4) is 0 Å². The van der Waals surface area contributed by atoms with Crippen LogP contribution >= 0.6 is 0 Å². The summed E-state index contributed by atoms with van der Waals surface area (Å²) in [6.07, 6.45) is 6.47. The van der Waals surface area contributed by atoms with Gasteiger partial charge in [0, 0.05) is 12.0 Å². The van der Waals surface area contributed by atoms with Crippen LogP contribution in [0, 0.1) is 35.5 Å². The highest BCUT2D eigenvalue weighted by Gasteiger charge is 2.54. The second-order valence-corrected chi connectivity index (χ2v) is 7.18. The Morgan fingerprint density at radius 1 is 1.05 bits per heavy atom. The van der Waals surface area contributed by atoms with Gasteiger partial charge in [0.05, 0.1) is 5.92 Å². The summed E-state index contributed by atoms with van der Waals surface area (Å²) >= 11 is 0. The lowest BCUT2D eigenvalue weighted by atomic mass is 9.79. The summed E-state index contributed by atoms with van der Waals surface area (Å²) in [6.45, 7) is 3.33. The highest BCUT2D eigenvalue weighted by atomic mass is 16.4. The van der Waals surface area contributed by atoms with E-state index in [1.807, 2.05) is 0 Å². The highest BCUT2D eigenvalue weighted by molar-refractivity contribution is 5.84. The number of aliphatic carboxylic acids is 1. The molecule has 0 heterocycles. The molecule has 0 saturated heterocycles. The van der Waals surface area contributed by atoms with E-state index in [0.717, 1.165) is 24.2 Å². The fourth-order valence-corrected chi connectivity index (χ4v) is 4.99. The molecule has 0 aromatic heterocycles. The van der Waals surface area contributed by atoms with Gasteiger partial charge in [-0.1, -0.05) is 20.3 Å². The lowest BCUT2D eigenvalue weighted by Gasteiger charge is -2.33. The summed E-state index contributed by atoms with van der Waals surface area (Å²) in [5.74, 6) is 1.17. The third kappa shape index (κ3) is 2.13. The molecule has 4 nitrogen and oxygen atoms in total. The molecule has 0 aromatic rings. The van der Waals surface area contributed by atoms with Crippen LogP contribution in [0.3, 0.4) is 0 Å². The van der Waals surface area contributed by atoms with Crippen LogP contribution in [-0.2, 0) is 9.59 Å². The summed E-state index contributed by atoms with van der Waals surface area (Å²) in [5, 5.41) is 12.2. The van der Waals surface area contributed by atoms with Gasteiger partial charge in [0.1, 0.15) is 0 Å². The van der Waals surface area contributed by atoms with Gasteiger partial charge in [-0.3, -0.25) is 9.59 Å². The molecule has 7 unspecified atom stereocenters. The van der Waals surface area contributed by atoms with E-state index >= 15 is 0 Å². The molecule has 1 amide bonds. The van der Waals surface area contributed by atoms with E-state index in [1.54, 1.807) is 13.8 Å². The van der Waals surface area contributed by atoms with Crippen LogP contribution < -0.4 is 5.32 Å². The zero-order chi connectivity index (χ0) is 14.4. The smallest absolute Gasteiger partial charge is 0.307 e. The Hall–Kier alpha value is -1.06. The summed E-state index contributed by atoms with van der Waals surface area (Å²) < 4.78 is 0. The minimum Gasteiger partial charge on any atom is -0.481 e. The monoisotopic (exact) mass is 279 g/mol. The largest absolute Gasteiger partial charge is 0.481 e. The van der Waals surface area contributed by atoms with E-state index in [4.69, 9.17) is 5.11 Å². The molecule has 0 aromatic carbocycles. The van der Waals surface area contributed by atoms with Gasteiger partial charge >= 0.3 is 5.97 Å². The molecule has 7 atom stereocenters. The zero-order valence-corrected chi connectivity index (χ0v) is 12.3. The lowest BCUT2D eigenvalue weighted by Crippen LogP contribution is -2.46. The molecule has 3 saturated carbocycles. The molecule has 0 spiro atoms. The van der Waals surface area contributed by atoms with Gasteiger partial charge in [0.2, 0.25) is 5.91 Å². The van der Waals surface area contributed by atoms with E-state index < -0.39 is 17.8 Å². The van der Waals surface area contributed by atoms with Crippen LogP contribution in [0.15, 0.2) is 0 Å². The standard InChI is InChI=1S/C16H25NO3/c1-8(9(2)16(19)20)15(18)17-14-7-10-6-13(14)12-5-3-4-11(10)12/h8-14H,3-7H2,1-2H3,(H,17,18)(H,19,20). The van der Waals surface area contributed by atoms with E-state index in [2.05, 4.69) is 5.32 Å². The third-order valence-electron chi connectivity index (χ3n) is 6.31. The summed E-state index contributed by atoms with van der Waals surface area (Å²) in [4.78, 5) is 23.2. The maximum atomic E-state index is 12.2. The van der Waals surface area contributed by atoms with Gasteiger partial charge < -0.3 is 10.4 Å². The van der Waals surface area contributed by atoms with Crippen molar-refractivity contribution in [2.45, 2.75) is 52.0 Å². The van der Waals surface area contributed by atoms with Crippen LogP contribution in [0.2, 0.25) is 0 Å². The van der Waals surface area contributed by atoms with Gasteiger partial charge in [-0.15, -0.1) is 0 Å². The molecule has 20 heavy (non-hydrogen) atoms. The van der Waals surface area contributed by atoms with Crippen molar-refractivity contribution in [1.82, 2.24) is 5.32 Å². The summed E-state index contributed by atoms with van der Waals surface area (Å²) in [6, 6.07) is 0.301. The molecule has 3 fully saturated rings. The van der Waals surface area contributed by atoms with E-state index in [-0.39, 0.29) is 5.91 Å². The SMILES string of the molecule is CC(C(=O)O)C(C)C(=O)NC1CC2CC1C1CCCC21. The average molecular weight is 279 g/mol. The predicted molar refractivity (Wildman–Crippen MR) is 74.9 cm³/mol. The average Bonchev–Trinajstić information content (AvgIpc) is 3.08. The Labute approximate surface area is 120 Å². The van der Waals surface area contributed by atoms with Gasteiger partial charge in [0.15, 0.2) is 0 Å². The van der Waals surface area contributed by atoms with Gasteiger partial charge in [-0.2, -0.15) is 0 Å². The van der Waals surface area contributed by atoms with E-state index in [0.29, 0.717) is 12.0 Å². The fraction of sp³-hybridized carbons (Fsp3) is 0.875. The number of carboxylic acid groups (broad SMARTS) is 1. The predicted octanol–water partition coefficient (Wildman–Crippen LogP) is 2.28. The Bertz CT molecular complexity index is 422. The second kappa shape index (κ2) is 5.05. The third-order valence-corrected chi connectivity index (χ3v) is 6.31. The second-order valence-electron chi connectivity index (χ2n) is 7.18. The van der Waals surface area contributed by atoms with Gasteiger partial charge in [-0.25, -0.2) is 0 Å². The normalized spacial score (nSPS) is 41.2. The fourth-order valence-electron chi connectivity index (χ4n) is 4.99. The van der Waals surface area contributed by atoms with Crippen LogP contribution in [0.5, 0.6) is 0 Å². The molecule has 0 radical (unpaired) electrons. The molecule has 112 valence electrons. The molecule has 0 aliphatic heterocycles. The number of fused-ring (bicyclic) bond motifs is 5. The molecule has 3 aliphatic rings. The van der Waals surface area contributed by atoms with Crippen molar-refractivity contribution in [2.24, 2.45) is 35.5 Å². The number of amides is 1. The maximum Gasteiger partial charge on any atom is 0.307 e. The minimum absolute atomic E-state index is 0.0769. The van der Waals surface area contributed by atoms with Crippen LogP contribution in [-0.4, -0.2) is 23.0 Å². The van der Waals surface area contributed by atoms with Crippen LogP contribution in [0.1, 0.15) is 46.0 Å². The number of nitrogens with one attached hydrogen (secondary N) is 1. The van der Waals surface area contributed by atoms with Crippen LogP contribution in [0.25, 0.3) is 0 Å². The quantitative estimate of drug-likeness (QED) is 0.829. The molecule has 2 N–H and O–H groups in total. The van der Waals surface area contributed by atoms with Gasteiger partial charge in [0.25, 0.3) is 0 Å². The number of hydrogen-bond donors (Lipinski definition) is 2. The molecule has 3 rings (SSSR count). The van der Waals surface area contributed by atoms with Crippen LogP contribution in [0.4, 0.5) is 0 Å².